The Morgan fingerprint density at radius 1 is 1.30 bits per heavy atom. The van der Waals surface area contributed by atoms with E-state index < -0.39 is 0 Å². The first-order chi connectivity index (χ1) is 9.56. The average molecular weight is 272 g/mol. The molecule has 2 rings (SSSR count). The third kappa shape index (κ3) is 3.38. The zero-order chi connectivity index (χ0) is 14.5. The van der Waals surface area contributed by atoms with Gasteiger partial charge in [0.2, 0.25) is 5.91 Å². The molecule has 6 heteroatoms. The number of nitrogen functional groups attached to an aromatic ring is 1. The summed E-state index contributed by atoms with van der Waals surface area (Å²) in [5, 5.41) is 2.72. The first kappa shape index (κ1) is 13.7. The third-order valence-electron chi connectivity index (χ3n) is 2.72. The minimum atomic E-state index is -0.287. The SMILES string of the molecule is CN(CC(=O)Nc1ccccc1)C(=O)c1cc(N)c[nH]1. The van der Waals surface area contributed by atoms with Crippen molar-refractivity contribution in [3.63, 3.8) is 0 Å². The second-order valence-electron chi connectivity index (χ2n) is 4.42. The second-order valence-corrected chi connectivity index (χ2v) is 4.42. The van der Waals surface area contributed by atoms with Gasteiger partial charge >= 0.3 is 0 Å². The van der Waals surface area contributed by atoms with Crippen molar-refractivity contribution in [2.45, 2.75) is 0 Å². The van der Waals surface area contributed by atoms with E-state index in [0.717, 1.165) is 0 Å². The van der Waals surface area contributed by atoms with Gasteiger partial charge in [0.15, 0.2) is 0 Å². The Morgan fingerprint density at radius 3 is 2.60 bits per heavy atom. The Balaban J connectivity index is 1.92. The number of amides is 2. The van der Waals surface area contributed by atoms with Gasteiger partial charge in [-0.2, -0.15) is 0 Å². The molecule has 6 nitrogen and oxygen atoms in total. The van der Waals surface area contributed by atoms with Gasteiger partial charge in [0.25, 0.3) is 5.91 Å². The fraction of sp³-hybridized carbons (Fsp3) is 0.143. The van der Waals surface area contributed by atoms with E-state index in [1.165, 1.54) is 17.2 Å². The number of aromatic nitrogens is 1. The molecule has 1 aromatic carbocycles. The molecule has 104 valence electrons. The van der Waals surface area contributed by atoms with Crippen LogP contribution in [0, 0.1) is 0 Å². The first-order valence-corrected chi connectivity index (χ1v) is 6.10. The zero-order valence-corrected chi connectivity index (χ0v) is 11.1. The molecule has 0 fully saturated rings. The fourth-order valence-corrected chi connectivity index (χ4v) is 1.75. The van der Waals surface area contributed by atoms with E-state index in [9.17, 15) is 9.59 Å². The number of nitrogens with two attached hydrogens (primary N) is 1. The third-order valence-corrected chi connectivity index (χ3v) is 2.72. The van der Waals surface area contributed by atoms with Crippen molar-refractivity contribution >= 4 is 23.2 Å². The van der Waals surface area contributed by atoms with Crippen molar-refractivity contribution in [3.05, 3.63) is 48.3 Å². The number of benzene rings is 1. The van der Waals surface area contributed by atoms with Gasteiger partial charge in [-0.1, -0.05) is 18.2 Å². The molecule has 20 heavy (non-hydrogen) atoms. The molecule has 1 aromatic heterocycles. The minimum Gasteiger partial charge on any atom is -0.397 e. The van der Waals surface area contributed by atoms with Crippen LogP contribution in [0.15, 0.2) is 42.6 Å². The van der Waals surface area contributed by atoms with E-state index in [1.54, 1.807) is 19.2 Å². The van der Waals surface area contributed by atoms with Crippen LogP contribution in [0.4, 0.5) is 11.4 Å². The molecule has 0 saturated heterocycles. The number of carbonyl (C=O) groups is 2. The Hall–Kier alpha value is -2.76. The summed E-state index contributed by atoms with van der Waals surface area (Å²) in [5.74, 6) is -0.545. The number of anilines is 2. The summed E-state index contributed by atoms with van der Waals surface area (Å²) < 4.78 is 0. The minimum absolute atomic E-state index is 0.0351. The molecule has 0 bridgehead atoms. The van der Waals surface area contributed by atoms with Gasteiger partial charge in [-0.25, -0.2) is 0 Å². The maximum absolute atomic E-state index is 12.0. The van der Waals surface area contributed by atoms with E-state index >= 15 is 0 Å². The lowest BCUT2D eigenvalue weighted by molar-refractivity contribution is -0.116. The average Bonchev–Trinajstić information content (AvgIpc) is 2.85. The highest BCUT2D eigenvalue weighted by atomic mass is 16.2. The van der Waals surface area contributed by atoms with E-state index in [-0.39, 0.29) is 18.4 Å². The zero-order valence-electron chi connectivity index (χ0n) is 11.1. The van der Waals surface area contributed by atoms with Crippen molar-refractivity contribution in [1.29, 1.82) is 0 Å². The monoisotopic (exact) mass is 272 g/mol. The second kappa shape index (κ2) is 5.92. The van der Waals surface area contributed by atoms with Crippen LogP contribution in [-0.4, -0.2) is 35.3 Å². The molecule has 0 atom stereocenters. The van der Waals surface area contributed by atoms with Gasteiger partial charge in [-0.3, -0.25) is 9.59 Å². The standard InChI is InChI=1S/C14H16N4O2/c1-18(14(20)12-7-10(15)8-16-12)9-13(19)17-11-5-3-2-4-6-11/h2-8,16H,9,15H2,1H3,(H,17,19). The molecule has 0 aliphatic rings. The van der Waals surface area contributed by atoms with Crippen LogP contribution in [0.25, 0.3) is 0 Å². The van der Waals surface area contributed by atoms with Crippen LogP contribution >= 0.6 is 0 Å². The maximum atomic E-state index is 12.0. The highest BCUT2D eigenvalue weighted by molar-refractivity contribution is 5.98. The number of para-hydroxylation sites is 1. The quantitative estimate of drug-likeness (QED) is 0.783. The van der Waals surface area contributed by atoms with Crippen molar-refractivity contribution in [2.24, 2.45) is 0 Å². The number of H-pyrrole nitrogens is 1. The van der Waals surface area contributed by atoms with Gasteiger partial charge in [0.1, 0.15) is 5.69 Å². The molecular formula is C14H16N4O2. The molecule has 0 radical (unpaired) electrons. The summed E-state index contributed by atoms with van der Waals surface area (Å²) in [6.45, 7) is -0.0351. The maximum Gasteiger partial charge on any atom is 0.270 e. The van der Waals surface area contributed by atoms with E-state index in [0.29, 0.717) is 17.1 Å². The van der Waals surface area contributed by atoms with Crippen LogP contribution in [0.1, 0.15) is 10.5 Å². The van der Waals surface area contributed by atoms with E-state index in [2.05, 4.69) is 10.3 Å². The lowest BCUT2D eigenvalue weighted by Crippen LogP contribution is -2.35. The molecule has 0 spiro atoms. The Kier molecular flexibility index (Phi) is 4.05. The number of hydrogen-bond donors (Lipinski definition) is 3. The normalized spacial score (nSPS) is 10.1. The number of likely N-dealkylation sites (N-methyl/N-ethyl adjacent to an activating group) is 1. The largest absolute Gasteiger partial charge is 0.397 e. The molecule has 2 aromatic rings. The van der Waals surface area contributed by atoms with Crippen molar-refractivity contribution in [3.8, 4) is 0 Å². The topological polar surface area (TPSA) is 91.2 Å². The Morgan fingerprint density at radius 2 is 2.00 bits per heavy atom. The first-order valence-electron chi connectivity index (χ1n) is 6.10. The summed E-state index contributed by atoms with van der Waals surface area (Å²) in [4.78, 5) is 27.9. The fourth-order valence-electron chi connectivity index (χ4n) is 1.75. The van der Waals surface area contributed by atoms with E-state index in [4.69, 9.17) is 5.73 Å². The molecule has 0 aliphatic heterocycles. The lowest BCUT2D eigenvalue weighted by Gasteiger charge is -2.15. The molecule has 0 aliphatic carbocycles. The van der Waals surface area contributed by atoms with Gasteiger partial charge in [-0.05, 0) is 18.2 Å². The predicted octanol–water partition coefficient (Wildman–Crippen LogP) is 1.31. The van der Waals surface area contributed by atoms with Crippen molar-refractivity contribution < 1.29 is 9.59 Å². The number of nitrogens with one attached hydrogen (secondary N) is 2. The number of nitrogens with zero attached hydrogens (tertiary/aromatic N) is 1. The van der Waals surface area contributed by atoms with Crippen LogP contribution in [-0.2, 0) is 4.79 Å². The molecule has 4 N–H and O–H groups in total. The van der Waals surface area contributed by atoms with Gasteiger partial charge in [0, 0.05) is 24.6 Å². The summed E-state index contributed by atoms with van der Waals surface area (Å²) in [6, 6.07) is 10.6. The van der Waals surface area contributed by atoms with Crippen LogP contribution in [0.3, 0.4) is 0 Å². The van der Waals surface area contributed by atoms with Gasteiger partial charge in [0.05, 0.1) is 6.54 Å². The highest BCUT2D eigenvalue weighted by Crippen LogP contribution is 2.08. The van der Waals surface area contributed by atoms with Gasteiger partial charge in [-0.15, -0.1) is 0 Å². The van der Waals surface area contributed by atoms with Crippen LogP contribution < -0.4 is 11.1 Å². The summed E-state index contributed by atoms with van der Waals surface area (Å²) >= 11 is 0. The molecule has 1 heterocycles. The molecule has 2 amide bonds. The molecular weight excluding hydrogens is 256 g/mol. The van der Waals surface area contributed by atoms with Crippen LogP contribution in [0.2, 0.25) is 0 Å². The summed E-state index contributed by atoms with van der Waals surface area (Å²) in [7, 11) is 1.56. The number of aromatic amines is 1. The Bertz CT molecular complexity index is 607. The van der Waals surface area contributed by atoms with Crippen molar-refractivity contribution in [2.75, 3.05) is 24.6 Å². The van der Waals surface area contributed by atoms with E-state index in [1.807, 2.05) is 18.2 Å². The summed E-state index contributed by atoms with van der Waals surface area (Å²) in [5.41, 5.74) is 7.08. The number of carbonyl (C=O) groups excluding carboxylic acids is 2. The molecule has 0 saturated carbocycles. The van der Waals surface area contributed by atoms with Crippen LogP contribution in [0.5, 0.6) is 0 Å². The predicted molar refractivity (Wildman–Crippen MR) is 77.2 cm³/mol. The number of rotatable bonds is 4. The van der Waals surface area contributed by atoms with Gasteiger partial charge < -0.3 is 20.9 Å². The smallest absolute Gasteiger partial charge is 0.270 e. The molecule has 0 unspecified atom stereocenters. The number of hydrogen-bond acceptors (Lipinski definition) is 3. The lowest BCUT2D eigenvalue weighted by atomic mass is 10.3. The van der Waals surface area contributed by atoms with Crippen molar-refractivity contribution in [1.82, 2.24) is 9.88 Å². The highest BCUT2D eigenvalue weighted by Gasteiger charge is 2.16. The summed E-state index contributed by atoms with van der Waals surface area (Å²) in [6.07, 6.45) is 1.53. The Labute approximate surface area is 116 Å².